The highest BCUT2D eigenvalue weighted by molar-refractivity contribution is 6.68. The van der Waals surface area contributed by atoms with Crippen molar-refractivity contribution in [3.8, 4) is 0 Å². The van der Waals surface area contributed by atoms with E-state index >= 15 is 0 Å². The number of rotatable bonds is 5. The monoisotopic (exact) mass is 364 g/mol. The van der Waals surface area contributed by atoms with Gasteiger partial charge in [0.2, 0.25) is 3.79 Å². The molecule has 0 aromatic heterocycles. The van der Waals surface area contributed by atoms with Crippen molar-refractivity contribution in [1.29, 1.82) is 0 Å². The van der Waals surface area contributed by atoms with Crippen LogP contribution in [0.5, 0.6) is 0 Å². The molecule has 2 atom stereocenters. The third-order valence-corrected chi connectivity index (χ3v) is 4.22. The fourth-order valence-corrected chi connectivity index (χ4v) is 2.73. The van der Waals surface area contributed by atoms with E-state index in [0.29, 0.717) is 12.1 Å². The Bertz CT molecular complexity index is 514. The zero-order valence-electron chi connectivity index (χ0n) is 12.2. The Hall–Kier alpha value is -0.520. The molecule has 4 nitrogen and oxygen atoms in total. The van der Waals surface area contributed by atoms with E-state index in [2.05, 4.69) is 10.6 Å². The summed E-state index contributed by atoms with van der Waals surface area (Å²) < 4.78 is 3.86. The first-order valence-corrected chi connectivity index (χ1v) is 8.29. The average molecular weight is 366 g/mol. The summed E-state index contributed by atoms with van der Waals surface area (Å²) in [7, 11) is 0. The van der Waals surface area contributed by atoms with E-state index in [1.807, 2.05) is 19.1 Å². The van der Waals surface area contributed by atoms with Crippen molar-refractivity contribution in [3.63, 3.8) is 0 Å². The molecule has 0 spiro atoms. The van der Waals surface area contributed by atoms with Gasteiger partial charge in [-0.05, 0) is 31.4 Å². The normalized spacial score (nSPS) is 19.9. The molecule has 1 heterocycles. The minimum Gasteiger partial charge on any atom is -0.377 e. The Morgan fingerprint density at radius 1 is 1.41 bits per heavy atom. The van der Waals surface area contributed by atoms with Gasteiger partial charge in [0, 0.05) is 18.7 Å². The van der Waals surface area contributed by atoms with Gasteiger partial charge < -0.3 is 10.1 Å². The van der Waals surface area contributed by atoms with E-state index in [0.717, 1.165) is 25.0 Å². The highest BCUT2D eigenvalue weighted by Crippen LogP contribution is 2.29. The van der Waals surface area contributed by atoms with Crippen LogP contribution in [-0.4, -0.2) is 35.1 Å². The van der Waals surface area contributed by atoms with Crippen molar-refractivity contribution < 1.29 is 9.53 Å². The second-order valence-corrected chi connectivity index (χ2v) is 7.68. The minimum absolute atomic E-state index is 0.0882. The lowest BCUT2D eigenvalue weighted by atomic mass is 10.1. The van der Waals surface area contributed by atoms with Gasteiger partial charge in [0.15, 0.2) is 0 Å². The molecule has 0 bridgehead atoms. The van der Waals surface area contributed by atoms with E-state index in [1.165, 1.54) is 0 Å². The summed E-state index contributed by atoms with van der Waals surface area (Å²) in [5.41, 5.74) is 1.42. The standard InChI is InChI=1S/C15H19Cl3N2O2/c1-10-5-2-3-7-12(10)13(21)20-14(15(16,17)18)19-9-11-6-4-8-22-11/h2-3,5,7,11,14,19H,4,6,8-9H2,1H3,(H,20,21)/t11-,14+/m0/s1. The second-order valence-electron chi connectivity index (χ2n) is 5.31. The van der Waals surface area contributed by atoms with Crippen LogP contribution in [0.15, 0.2) is 24.3 Å². The Morgan fingerprint density at radius 3 is 2.73 bits per heavy atom. The zero-order chi connectivity index (χ0) is 16.2. The summed E-state index contributed by atoms with van der Waals surface area (Å²) >= 11 is 17.9. The molecule has 1 aromatic carbocycles. The van der Waals surface area contributed by atoms with Crippen molar-refractivity contribution in [3.05, 3.63) is 35.4 Å². The van der Waals surface area contributed by atoms with Gasteiger partial charge in [-0.2, -0.15) is 0 Å². The molecule has 0 saturated carbocycles. The fourth-order valence-electron chi connectivity index (χ4n) is 2.34. The molecule has 1 saturated heterocycles. The maximum atomic E-state index is 12.4. The number of aryl methyl sites for hydroxylation is 1. The number of amides is 1. The molecule has 1 aliphatic rings. The number of hydrogen-bond acceptors (Lipinski definition) is 3. The van der Waals surface area contributed by atoms with Crippen LogP contribution in [0, 0.1) is 6.92 Å². The lowest BCUT2D eigenvalue weighted by Gasteiger charge is -2.28. The highest BCUT2D eigenvalue weighted by Gasteiger charge is 2.34. The molecule has 0 unspecified atom stereocenters. The molecule has 2 rings (SSSR count). The predicted molar refractivity (Wildman–Crippen MR) is 89.7 cm³/mol. The summed E-state index contributed by atoms with van der Waals surface area (Å²) in [6.45, 7) is 3.13. The van der Waals surface area contributed by atoms with Crippen molar-refractivity contribution >= 4 is 40.7 Å². The largest absolute Gasteiger partial charge is 0.377 e. The smallest absolute Gasteiger partial charge is 0.252 e. The number of benzene rings is 1. The van der Waals surface area contributed by atoms with Crippen LogP contribution in [-0.2, 0) is 4.74 Å². The maximum absolute atomic E-state index is 12.4. The van der Waals surface area contributed by atoms with Crippen LogP contribution in [0.3, 0.4) is 0 Å². The second kappa shape index (κ2) is 7.84. The van der Waals surface area contributed by atoms with Crippen LogP contribution >= 0.6 is 34.8 Å². The molecule has 1 aliphatic heterocycles. The van der Waals surface area contributed by atoms with E-state index in [1.54, 1.807) is 12.1 Å². The van der Waals surface area contributed by atoms with E-state index in [4.69, 9.17) is 39.5 Å². The van der Waals surface area contributed by atoms with Crippen molar-refractivity contribution in [2.24, 2.45) is 0 Å². The molecule has 2 N–H and O–H groups in total. The number of halogens is 3. The van der Waals surface area contributed by atoms with E-state index in [9.17, 15) is 4.79 Å². The lowest BCUT2D eigenvalue weighted by Crippen LogP contribution is -2.55. The van der Waals surface area contributed by atoms with Gasteiger partial charge in [-0.25, -0.2) is 0 Å². The lowest BCUT2D eigenvalue weighted by molar-refractivity contribution is 0.0896. The third-order valence-electron chi connectivity index (χ3n) is 3.57. The topological polar surface area (TPSA) is 50.4 Å². The molecule has 1 amide bonds. The summed E-state index contributed by atoms with van der Waals surface area (Å²) in [5.74, 6) is -0.283. The average Bonchev–Trinajstić information content (AvgIpc) is 2.95. The number of ether oxygens (including phenoxy) is 1. The van der Waals surface area contributed by atoms with Gasteiger partial charge in [-0.3, -0.25) is 10.1 Å². The van der Waals surface area contributed by atoms with Gasteiger partial charge in [-0.1, -0.05) is 53.0 Å². The number of hydrogen-bond donors (Lipinski definition) is 2. The Kier molecular flexibility index (Phi) is 6.36. The summed E-state index contributed by atoms with van der Waals surface area (Å²) in [4.78, 5) is 12.4. The molecular weight excluding hydrogens is 347 g/mol. The molecule has 1 aromatic rings. The molecule has 22 heavy (non-hydrogen) atoms. The van der Waals surface area contributed by atoms with Crippen molar-refractivity contribution in [2.75, 3.05) is 13.2 Å². The summed E-state index contributed by atoms with van der Waals surface area (Å²) in [6, 6.07) is 7.26. The van der Waals surface area contributed by atoms with Gasteiger partial charge in [0.25, 0.3) is 5.91 Å². The number of nitrogens with one attached hydrogen (secondary N) is 2. The van der Waals surface area contributed by atoms with Crippen molar-refractivity contribution in [1.82, 2.24) is 10.6 Å². The van der Waals surface area contributed by atoms with Gasteiger partial charge >= 0.3 is 0 Å². The third kappa shape index (κ3) is 5.00. The van der Waals surface area contributed by atoms with E-state index < -0.39 is 9.96 Å². The first-order chi connectivity index (χ1) is 10.4. The number of carbonyl (C=O) groups is 1. The fraction of sp³-hybridized carbons (Fsp3) is 0.533. The molecule has 0 radical (unpaired) electrons. The minimum atomic E-state index is -1.66. The van der Waals surface area contributed by atoms with E-state index in [-0.39, 0.29) is 12.0 Å². The SMILES string of the molecule is Cc1ccccc1C(=O)N[C@@H](NC[C@@H]1CCCO1)C(Cl)(Cl)Cl. The first kappa shape index (κ1) is 17.8. The van der Waals surface area contributed by atoms with Crippen molar-refractivity contribution in [2.45, 2.75) is 35.8 Å². The molecule has 1 fully saturated rings. The Labute approximate surface area is 145 Å². The molecule has 0 aliphatic carbocycles. The van der Waals surface area contributed by atoms with Crippen LogP contribution in [0.25, 0.3) is 0 Å². The molecular formula is C15H19Cl3N2O2. The van der Waals surface area contributed by atoms with Gasteiger partial charge in [-0.15, -0.1) is 0 Å². The van der Waals surface area contributed by atoms with Crippen LogP contribution < -0.4 is 10.6 Å². The Balaban J connectivity index is 2.00. The zero-order valence-corrected chi connectivity index (χ0v) is 14.5. The molecule has 122 valence electrons. The quantitative estimate of drug-likeness (QED) is 0.622. The Morgan fingerprint density at radius 2 is 2.14 bits per heavy atom. The highest BCUT2D eigenvalue weighted by atomic mass is 35.6. The van der Waals surface area contributed by atoms with Crippen LogP contribution in [0.2, 0.25) is 0 Å². The summed E-state index contributed by atoms with van der Waals surface area (Å²) in [6.07, 6.45) is 1.28. The first-order valence-electron chi connectivity index (χ1n) is 7.16. The maximum Gasteiger partial charge on any atom is 0.252 e. The van der Waals surface area contributed by atoms with Gasteiger partial charge in [0.05, 0.1) is 6.10 Å². The van der Waals surface area contributed by atoms with Crippen LogP contribution in [0.1, 0.15) is 28.8 Å². The number of alkyl halides is 3. The predicted octanol–water partition coefficient (Wildman–Crippen LogP) is 3.19. The number of carbonyl (C=O) groups excluding carboxylic acids is 1. The molecule has 7 heteroatoms. The van der Waals surface area contributed by atoms with Gasteiger partial charge in [0.1, 0.15) is 6.17 Å². The van der Waals surface area contributed by atoms with Crippen LogP contribution in [0.4, 0.5) is 0 Å². The summed E-state index contributed by atoms with van der Waals surface area (Å²) in [5, 5.41) is 5.81.